The van der Waals surface area contributed by atoms with Crippen LogP contribution in [0.2, 0.25) is 0 Å². The summed E-state index contributed by atoms with van der Waals surface area (Å²) in [6, 6.07) is 13.3. The second-order valence-electron chi connectivity index (χ2n) is 8.01. The first kappa shape index (κ1) is 18.3. The van der Waals surface area contributed by atoms with Gasteiger partial charge in [-0.25, -0.2) is 4.68 Å². The fraction of sp³-hybridized carbons (Fsp3) is 0.381. The highest BCUT2D eigenvalue weighted by molar-refractivity contribution is 5.79. The molecule has 1 N–H and O–H groups in total. The number of aromatic nitrogens is 3. The van der Waals surface area contributed by atoms with E-state index in [0.717, 1.165) is 22.3 Å². The van der Waals surface area contributed by atoms with Crippen molar-refractivity contribution in [1.29, 1.82) is 0 Å². The smallest absolute Gasteiger partial charge is 0.226 e. The average Bonchev–Trinajstić information content (AvgIpc) is 3.09. The predicted molar refractivity (Wildman–Crippen MR) is 105 cm³/mol. The van der Waals surface area contributed by atoms with E-state index >= 15 is 0 Å². The Balaban J connectivity index is 1.55. The lowest BCUT2D eigenvalue weighted by Crippen LogP contribution is -2.41. The molecule has 2 aromatic carbocycles. The standard InChI is InChI=1S/C21H24N4O3/c1-21(2,3)20(25-16-7-5-4-6-15(16)23-24-25)22-19(26)13-14-8-9-17-18(12-14)28-11-10-27-17/h4-9,12,20H,10-11,13H2,1-3H3,(H,22,26). The highest BCUT2D eigenvalue weighted by atomic mass is 16.6. The van der Waals surface area contributed by atoms with Crippen molar-refractivity contribution in [3.63, 3.8) is 0 Å². The third kappa shape index (κ3) is 3.65. The van der Waals surface area contributed by atoms with Gasteiger partial charge in [0.1, 0.15) is 24.9 Å². The first-order valence-corrected chi connectivity index (χ1v) is 9.39. The Morgan fingerprint density at radius 2 is 1.89 bits per heavy atom. The molecule has 0 bridgehead atoms. The van der Waals surface area contributed by atoms with Crippen molar-refractivity contribution in [2.75, 3.05) is 13.2 Å². The van der Waals surface area contributed by atoms with Crippen LogP contribution in [0.4, 0.5) is 0 Å². The summed E-state index contributed by atoms with van der Waals surface area (Å²) < 4.78 is 12.9. The van der Waals surface area contributed by atoms with Crippen LogP contribution in [0, 0.1) is 5.41 Å². The molecule has 0 saturated heterocycles. The van der Waals surface area contributed by atoms with Gasteiger partial charge in [0, 0.05) is 5.41 Å². The van der Waals surface area contributed by atoms with Crippen LogP contribution < -0.4 is 14.8 Å². The number of fused-ring (bicyclic) bond motifs is 2. The van der Waals surface area contributed by atoms with Gasteiger partial charge >= 0.3 is 0 Å². The van der Waals surface area contributed by atoms with E-state index in [1.807, 2.05) is 42.5 Å². The number of nitrogens with one attached hydrogen (secondary N) is 1. The molecule has 1 atom stereocenters. The van der Waals surface area contributed by atoms with Crippen LogP contribution in [0.5, 0.6) is 11.5 Å². The highest BCUT2D eigenvalue weighted by Crippen LogP contribution is 2.32. The Bertz CT molecular complexity index is 1010. The molecule has 7 heteroatoms. The Morgan fingerprint density at radius 1 is 1.14 bits per heavy atom. The van der Waals surface area contributed by atoms with Crippen molar-refractivity contribution in [2.24, 2.45) is 5.41 Å². The third-order valence-corrected chi connectivity index (χ3v) is 4.71. The van der Waals surface area contributed by atoms with Crippen LogP contribution in [0.15, 0.2) is 42.5 Å². The number of carbonyl (C=O) groups is 1. The molecule has 0 spiro atoms. The van der Waals surface area contributed by atoms with Gasteiger partial charge in [-0.2, -0.15) is 0 Å². The molecular weight excluding hydrogens is 356 g/mol. The SMILES string of the molecule is CC(C)(C)C(NC(=O)Cc1ccc2c(c1)OCCO2)n1nnc2ccccc21. The molecule has 1 unspecified atom stereocenters. The van der Waals surface area contributed by atoms with Crippen LogP contribution in [0.1, 0.15) is 32.5 Å². The largest absolute Gasteiger partial charge is 0.486 e. The third-order valence-electron chi connectivity index (χ3n) is 4.71. The maximum atomic E-state index is 12.8. The molecule has 1 aliphatic rings. The number of carbonyl (C=O) groups excluding carboxylic acids is 1. The number of nitrogens with zero attached hydrogens (tertiary/aromatic N) is 3. The molecule has 146 valence electrons. The monoisotopic (exact) mass is 380 g/mol. The maximum absolute atomic E-state index is 12.8. The van der Waals surface area contributed by atoms with Crippen molar-refractivity contribution in [3.8, 4) is 11.5 Å². The molecule has 2 heterocycles. The molecule has 28 heavy (non-hydrogen) atoms. The number of rotatable bonds is 4. The summed E-state index contributed by atoms with van der Waals surface area (Å²) in [4.78, 5) is 12.8. The van der Waals surface area contributed by atoms with Crippen LogP contribution in [-0.2, 0) is 11.2 Å². The number of para-hydroxylation sites is 1. The Labute approximate surface area is 163 Å². The number of amides is 1. The average molecular weight is 380 g/mol. The van der Waals surface area contributed by atoms with Gasteiger partial charge in [0.2, 0.25) is 5.91 Å². The van der Waals surface area contributed by atoms with E-state index in [9.17, 15) is 4.79 Å². The fourth-order valence-electron chi connectivity index (χ4n) is 3.31. The Hall–Kier alpha value is -3.09. The van der Waals surface area contributed by atoms with Crippen molar-refractivity contribution in [2.45, 2.75) is 33.4 Å². The second-order valence-corrected chi connectivity index (χ2v) is 8.01. The van der Waals surface area contributed by atoms with E-state index in [-0.39, 0.29) is 23.9 Å². The van der Waals surface area contributed by atoms with Gasteiger partial charge < -0.3 is 14.8 Å². The van der Waals surface area contributed by atoms with Gasteiger partial charge in [-0.05, 0) is 29.8 Å². The lowest BCUT2D eigenvalue weighted by Gasteiger charge is -2.31. The first-order chi connectivity index (χ1) is 13.4. The topological polar surface area (TPSA) is 78.3 Å². The van der Waals surface area contributed by atoms with Gasteiger partial charge in [-0.1, -0.05) is 44.2 Å². The molecule has 0 aliphatic carbocycles. The lowest BCUT2D eigenvalue weighted by atomic mass is 9.92. The number of ether oxygens (including phenoxy) is 2. The quantitative estimate of drug-likeness (QED) is 0.752. The highest BCUT2D eigenvalue weighted by Gasteiger charge is 2.30. The molecule has 1 aromatic heterocycles. The minimum atomic E-state index is -0.329. The van der Waals surface area contributed by atoms with Crippen molar-refractivity contribution >= 4 is 16.9 Å². The molecule has 1 amide bonds. The van der Waals surface area contributed by atoms with E-state index in [4.69, 9.17) is 9.47 Å². The van der Waals surface area contributed by atoms with Gasteiger partial charge in [0.15, 0.2) is 11.5 Å². The van der Waals surface area contributed by atoms with E-state index in [2.05, 4.69) is 36.4 Å². The minimum Gasteiger partial charge on any atom is -0.486 e. The number of benzene rings is 2. The summed E-state index contributed by atoms with van der Waals surface area (Å²) in [6.45, 7) is 7.27. The van der Waals surface area contributed by atoms with Gasteiger partial charge in [0.05, 0.1) is 11.9 Å². The molecule has 0 fully saturated rings. The number of hydrogen-bond donors (Lipinski definition) is 1. The summed E-state index contributed by atoms with van der Waals surface area (Å²) in [5.74, 6) is 1.32. The summed E-state index contributed by atoms with van der Waals surface area (Å²) in [5, 5.41) is 11.6. The number of hydrogen-bond acceptors (Lipinski definition) is 5. The molecule has 4 rings (SSSR count). The zero-order valence-corrected chi connectivity index (χ0v) is 16.3. The zero-order chi connectivity index (χ0) is 19.7. The van der Waals surface area contributed by atoms with E-state index < -0.39 is 0 Å². The minimum absolute atomic E-state index is 0.0869. The predicted octanol–water partition coefficient (Wildman–Crippen LogP) is 3.11. The van der Waals surface area contributed by atoms with Gasteiger partial charge in [-0.3, -0.25) is 4.79 Å². The lowest BCUT2D eigenvalue weighted by molar-refractivity contribution is -0.123. The summed E-state index contributed by atoms with van der Waals surface area (Å²) in [5.41, 5.74) is 2.32. The molecule has 1 aliphatic heterocycles. The van der Waals surface area contributed by atoms with E-state index in [1.54, 1.807) is 4.68 Å². The molecule has 0 radical (unpaired) electrons. The van der Waals surface area contributed by atoms with Crippen LogP contribution in [-0.4, -0.2) is 34.1 Å². The van der Waals surface area contributed by atoms with Crippen LogP contribution in [0.25, 0.3) is 11.0 Å². The molecular formula is C21H24N4O3. The Morgan fingerprint density at radius 3 is 2.68 bits per heavy atom. The van der Waals surface area contributed by atoms with Crippen LogP contribution >= 0.6 is 0 Å². The van der Waals surface area contributed by atoms with Crippen molar-refractivity contribution in [3.05, 3.63) is 48.0 Å². The molecule has 0 saturated carbocycles. The summed E-state index contributed by atoms with van der Waals surface area (Å²) in [7, 11) is 0. The fourth-order valence-corrected chi connectivity index (χ4v) is 3.31. The maximum Gasteiger partial charge on any atom is 0.226 e. The second kappa shape index (κ2) is 7.14. The van der Waals surface area contributed by atoms with Crippen LogP contribution in [0.3, 0.4) is 0 Å². The zero-order valence-electron chi connectivity index (χ0n) is 16.3. The van der Waals surface area contributed by atoms with E-state index in [1.165, 1.54) is 0 Å². The summed E-state index contributed by atoms with van der Waals surface area (Å²) >= 11 is 0. The Kier molecular flexibility index (Phi) is 4.66. The molecule has 7 nitrogen and oxygen atoms in total. The van der Waals surface area contributed by atoms with Crippen molar-refractivity contribution < 1.29 is 14.3 Å². The van der Waals surface area contributed by atoms with E-state index in [0.29, 0.717) is 19.0 Å². The van der Waals surface area contributed by atoms with Gasteiger partial charge in [-0.15, -0.1) is 5.10 Å². The van der Waals surface area contributed by atoms with Gasteiger partial charge in [0.25, 0.3) is 0 Å². The van der Waals surface area contributed by atoms with Crippen molar-refractivity contribution in [1.82, 2.24) is 20.3 Å². The summed E-state index contributed by atoms with van der Waals surface area (Å²) in [6.07, 6.45) is -0.0832. The molecule has 3 aromatic rings. The first-order valence-electron chi connectivity index (χ1n) is 9.39. The normalized spacial score (nSPS) is 14.7.